The molecule has 3 aromatic rings. The Kier molecular flexibility index (Phi) is 5.35. The molecule has 0 aliphatic rings. The topological polar surface area (TPSA) is 90.1 Å². The Morgan fingerprint density at radius 3 is 2.57 bits per heavy atom. The number of benzene rings is 2. The van der Waals surface area contributed by atoms with Crippen LogP contribution in [0.2, 0.25) is 0 Å². The smallest absolute Gasteiger partial charge is 0.332 e. The van der Waals surface area contributed by atoms with Crippen LogP contribution in [-0.2, 0) is 9.63 Å². The van der Waals surface area contributed by atoms with E-state index >= 15 is 0 Å². The number of amides is 1. The van der Waals surface area contributed by atoms with E-state index in [0.717, 1.165) is 19.1 Å². The number of nitrogens with zero attached hydrogens (tertiary/aromatic N) is 1. The summed E-state index contributed by atoms with van der Waals surface area (Å²) in [4.78, 5) is 28.3. The lowest BCUT2D eigenvalue weighted by Gasteiger charge is -2.08. The summed E-state index contributed by atoms with van der Waals surface area (Å²) in [5.74, 6) is -3.23. The van der Waals surface area contributed by atoms with Crippen molar-refractivity contribution in [3.05, 3.63) is 65.2 Å². The maximum absolute atomic E-state index is 13.4. The van der Waals surface area contributed by atoms with Crippen LogP contribution in [0.5, 0.6) is 5.75 Å². The molecule has 0 aliphatic heterocycles. The van der Waals surface area contributed by atoms with Crippen molar-refractivity contribution >= 4 is 28.5 Å². The molecule has 28 heavy (non-hydrogen) atoms. The average Bonchev–Trinajstić information content (AvgIpc) is 2.67. The van der Waals surface area contributed by atoms with Crippen molar-refractivity contribution in [2.75, 3.05) is 12.4 Å². The van der Waals surface area contributed by atoms with Crippen LogP contribution in [0.3, 0.4) is 0 Å². The van der Waals surface area contributed by atoms with Gasteiger partial charge in [-0.1, -0.05) is 12.1 Å². The summed E-state index contributed by atoms with van der Waals surface area (Å²) >= 11 is 0. The zero-order chi connectivity index (χ0) is 20.3. The summed E-state index contributed by atoms with van der Waals surface area (Å²) < 4.78 is 37.3. The van der Waals surface area contributed by atoms with Crippen molar-refractivity contribution in [3.8, 4) is 5.75 Å². The second-order valence-corrected chi connectivity index (χ2v) is 5.60. The number of methoxy groups -OCH3 is 1. The van der Waals surface area contributed by atoms with Crippen LogP contribution >= 0.6 is 0 Å². The highest BCUT2D eigenvalue weighted by Gasteiger charge is 2.16. The van der Waals surface area contributed by atoms with Crippen molar-refractivity contribution in [1.29, 1.82) is 0 Å². The van der Waals surface area contributed by atoms with Gasteiger partial charge in [-0.15, -0.1) is 0 Å². The zero-order valence-electron chi connectivity index (χ0n) is 14.8. The van der Waals surface area contributed by atoms with Gasteiger partial charge in [0.15, 0.2) is 23.0 Å². The van der Waals surface area contributed by atoms with E-state index in [1.54, 1.807) is 18.2 Å². The molecule has 0 atom stereocenters. The minimum Gasteiger partial charge on any atom is -0.493 e. The van der Waals surface area contributed by atoms with Gasteiger partial charge in [-0.2, -0.15) is 0 Å². The summed E-state index contributed by atoms with van der Waals surface area (Å²) in [6.07, 6.45) is 0. The van der Waals surface area contributed by atoms with Crippen molar-refractivity contribution in [3.63, 3.8) is 0 Å². The van der Waals surface area contributed by atoms with E-state index in [4.69, 9.17) is 9.15 Å². The Morgan fingerprint density at radius 2 is 1.89 bits per heavy atom. The Balaban J connectivity index is 2.10. The fourth-order valence-corrected chi connectivity index (χ4v) is 2.39. The third-order valence-corrected chi connectivity index (χ3v) is 3.64. The quantitative estimate of drug-likeness (QED) is 0.547. The Bertz CT molecular complexity index is 1140. The number of carbonyl (C=O) groups is 2. The van der Waals surface area contributed by atoms with Crippen LogP contribution < -0.4 is 15.6 Å². The second kappa shape index (κ2) is 7.87. The number of hydrogen-bond acceptors (Lipinski definition) is 6. The predicted molar refractivity (Wildman–Crippen MR) is 94.4 cm³/mol. The van der Waals surface area contributed by atoms with Crippen LogP contribution in [0.15, 0.2) is 52.0 Å². The Hall–Kier alpha value is -3.75. The fraction of sp³-hybridized carbons (Fsp3) is 0.105. The van der Waals surface area contributed by atoms with E-state index < -0.39 is 23.5 Å². The van der Waals surface area contributed by atoms with Gasteiger partial charge < -0.3 is 19.3 Å². The highest BCUT2D eigenvalue weighted by atomic mass is 19.2. The summed E-state index contributed by atoms with van der Waals surface area (Å²) in [5.41, 5.74) is -0.0904. The first-order valence-corrected chi connectivity index (χ1v) is 7.98. The standard InChI is InChI=1S/C19H14F2N2O5/c1-10(24)28-23-19-13(8-11-4-3-5-16(26-2)17(11)27-19)18(25)22-12-6-7-14(20)15(21)9-12/h3-9H,1-2H3,(H,22,25). The lowest BCUT2D eigenvalue weighted by molar-refractivity contribution is -0.141. The molecule has 9 heteroatoms. The molecule has 144 valence electrons. The number of ether oxygens (including phenoxy) is 1. The number of fused-ring (bicyclic) bond motifs is 1. The van der Waals surface area contributed by atoms with E-state index in [2.05, 4.69) is 15.3 Å². The van der Waals surface area contributed by atoms with Crippen LogP contribution in [0.25, 0.3) is 11.0 Å². The first kappa shape index (κ1) is 19.0. The number of rotatable bonds is 4. The number of nitrogens with one attached hydrogen (secondary N) is 1. The van der Waals surface area contributed by atoms with Crippen LogP contribution in [0, 0.1) is 11.6 Å². The van der Waals surface area contributed by atoms with Gasteiger partial charge in [0.1, 0.15) is 5.56 Å². The van der Waals surface area contributed by atoms with Gasteiger partial charge in [0.25, 0.3) is 11.5 Å². The average molecular weight is 388 g/mol. The van der Waals surface area contributed by atoms with E-state index in [0.29, 0.717) is 11.1 Å². The normalized spacial score (nSPS) is 11.4. The zero-order valence-corrected chi connectivity index (χ0v) is 14.8. The van der Waals surface area contributed by atoms with Gasteiger partial charge in [-0.3, -0.25) is 4.79 Å². The fourth-order valence-electron chi connectivity index (χ4n) is 2.39. The minimum atomic E-state index is -1.12. The van der Waals surface area contributed by atoms with Crippen molar-refractivity contribution in [2.24, 2.45) is 5.16 Å². The van der Waals surface area contributed by atoms with Gasteiger partial charge in [-0.25, -0.2) is 13.6 Å². The Labute approximate surface area is 157 Å². The van der Waals surface area contributed by atoms with Gasteiger partial charge in [0.05, 0.1) is 7.11 Å². The minimum absolute atomic E-state index is 0.0214. The molecule has 7 nitrogen and oxygen atoms in total. The Morgan fingerprint density at radius 1 is 1.11 bits per heavy atom. The van der Waals surface area contributed by atoms with Crippen molar-refractivity contribution in [2.45, 2.75) is 6.92 Å². The molecule has 0 radical (unpaired) electrons. The van der Waals surface area contributed by atoms with E-state index in [9.17, 15) is 18.4 Å². The monoisotopic (exact) mass is 388 g/mol. The summed E-state index contributed by atoms with van der Waals surface area (Å²) in [7, 11) is 1.44. The third kappa shape index (κ3) is 3.98. The van der Waals surface area contributed by atoms with Gasteiger partial charge in [0.2, 0.25) is 0 Å². The van der Waals surface area contributed by atoms with Gasteiger partial charge >= 0.3 is 5.97 Å². The molecule has 2 aromatic carbocycles. The molecule has 0 saturated carbocycles. The molecule has 0 bridgehead atoms. The van der Waals surface area contributed by atoms with E-state index in [1.165, 1.54) is 19.2 Å². The van der Waals surface area contributed by atoms with Crippen molar-refractivity contribution in [1.82, 2.24) is 0 Å². The molecular weight excluding hydrogens is 374 g/mol. The largest absolute Gasteiger partial charge is 0.493 e. The molecule has 0 saturated heterocycles. The number of carbonyl (C=O) groups excluding carboxylic acids is 2. The van der Waals surface area contributed by atoms with Crippen LogP contribution in [0.1, 0.15) is 17.3 Å². The lowest BCUT2D eigenvalue weighted by atomic mass is 10.1. The summed E-state index contributed by atoms with van der Waals surface area (Å²) in [5, 5.41) is 6.48. The first-order chi connectivity index (χ1) is 13.4. The molecule has 0 unspecified atom stereocenters. The molecule has 1 N–H and O–H groups in total. The maximum atomic E-state index is 13.4. The summed E-state index contributed by atoms with van der Waals surface area (Å²) in [6, 6.07) is 9.35. The second-order valence-electron chi connectivity index (χ2n) is 5.60. The number of hydrogen-bond donors (Lipinski definition) is 1. The van der Waals surface area contributed by atoms with Crippen LogP contribution in [0.4, 0.5) is 14.5 Å². The predicted octanol–water partition coefficient (Wildman–Crippen LogP) is 3.35. The molecule has 0 spiro atoms. The first-order valence-electron chi connectivity index (χ1n) is 7.98. The van der Waals surface area contributed by atoms with Crippen molar-refractivity contribution < 1.29 is 32.4 Å². The van der Waals surface area contributed by atoms with E-state index in [-0.39, 0.29) is 22.4 Å². The molecule has 1 amide bonds. The highest BCUT2D eigenvalue weighted by molar-refractivity contribution is 6.05. The summed E-state index contributed by atoms with van der Waals surface area (Å²) in [6.45, 7) is 1.13. The number of para-hydroxylation sites is 1. The van der Waals surface area contributed by atoms with Gasteiger partial charge in [0, 0.05) is 24.1 Å². The molecule has 0 aliphatic carbocycles. The number of halogens is 2. The SMILES string of the molecule is COc1cccc2cc(C(=O)Nc3ccc(F)c(F)c3)c(=NOC(C)=O)oc12. The molecule has 0 fully saturated rings. The van der Waals surface area contributed by atoms with Crippen LogP contribution in [-0.4, -0.2) is 19.0 Å². The maximum Gasteiger partial charge on any atom is 0.332 e. The molecule has 1 aromatic heterocycles. The number of anilines is 1. The third-order valence-electron chi connectivity index (χ3n) is 3.64. The lowest BCUT2D eigenvalue weighted by Crippen LogP contribution is -2.22. The molecule has 3 rings (SSSR count). The van der Waals surface area contributed by atoms with Gasteiger partial charge in [-0.05, 0) is 29.4 Å². The molecule has 1 heterocycles. The van der Waals surface area contributed by atoms with E-state index in [1.807, 2.05) is 0 Å². The molecular formula is C19H14F2N2O5. The highest BCUT2D eigenvalue weighted by Crippen LogP contribution is 2.25.